The van der Waals surface area contributed by atoms with Gasteiger partial charge in [0.1, 0.15) is 0 Å². The molecule has 0 spiro atoms. The maximum Gasteiger partial charge on any atom is 0.0419 e. The number of hydrogen-bond acceptors (Lipinski definition) is 1. The van der Waals surface area contributed by atoms with Crippen molar-refractivity contribution in [3.8, 4) is 0 Å². The normalized spacial score (nSPS) is 12.6. The van der Waals surface area contributed by atoms with Crippen LogP contribution in [-0.4, -0.2) is 3.11 Å². The number of rotatable bonds is 4. The molecule has 88 valence electrons. The van der Waals surface area contributed by atoms with Crippen molar-refractivity contribution in [2.75, 3.05) is 0 Å². The minimum absolute atomic E-state index is 0.428. The molecule has 0 aliphatic carbocycles. The first-order chi connectivity index (χ1) is 8.27. The van der Waals surface area contributed by atoms with Gasteiger partial charge in [-0.25, -0.2) is 3.11 Å². The second-order valence-corrected chi connectivity index (χ2v) is 5.37. The second-order valence-electron chi connectivity index (χ2n) is 4.13. The van der Waals surface area contributed by atoms with E-state index in [2.05, 4.69) is 93.6 Å². The number of benzene rings is 2. The molecule has 0 aliphatic rings. The molecule has 1 atom stereocenters. The van der Waals surface area contributed by atoms with Crippen LogP contribution in [0.2, 0.25) is 0 Å². The van der Waals surface area contributed by atoms with Gasteiger partial charge in [0, 0.05) is 35.5 Å². The van der Waals surface area contributed by atoms with Gasteiger partial charge in [-0.15, -0.1) is 0 Å². The molecule has 0 radical (unpaired) electrons. The molecule has 0 heterocycles. The summed E-state index contributed by atoms with van der Waals surface area (Å²) in [6.07, 6.45) is 0. The lowest BCUT2D eigenvalue weighted by atomic mass is 10.1. The highest BCUT2D eigenvalue weighted by Gasteiger charge is 2.12. The molecule has 0 aromatic heterocycles. The van der Waals surface area contributed by atoms with Crippen LogP contribution in [0.5, 0.6) is 0 Å². The molecule has 0 saturated heterocycles. The van der Waals surface area contributed by atoms with Gasteiger partial charge in [0.2, 0.25) is 0 Å². The van der Waals surface area contributed by atoms with Crippen molar-refractivity contribution >= 4 is 22.9 Å². The van der Waals surface area contributed by atoms with Gasteiger partial charge in [-0.2, -0.15) is 0 Å². The molecular formula is C15H16IN. The molecule has 0 aliphatic heterocycles. The standard InChI is InChI=1S/C15H16IN/c1-13(15-10-6-3-7-11-15)17(16)12-14-8-4-2-5-9-14/h2-11,13H,12H2,1H3/t13-/m1/s1. The summed E-state index contributed by atoms with van der Waals surface area (Å²) in [7, 11) is 0. The first kappa shape index (κ1) is 12.6. The van der Waals surface area contributed by atoms with Crippen LogP contribution in [0.1, 0.15) is 24.1 Å². The Morgan fingerprint density at radius 3 is 2.06 bits per heavy atom. The zero-order valence-electron chi connectivity index (χ0n) is 9.88. The van der Waals surface area contributed by atoms with Crippen LogP contribution in [0.4, 0.5) is 0 Å². The highest BCUT2D eigenvalue weighted by atomic mass is 127. The van der Waals surface area contributed by atoms with E-state index in [1.165, 1.54) is 11.1 Å². The molecule has 0 amide bonds. The molecule has 0 bridgehead atoms. The number of nitrogens with zero attached hydrogens (tertiary/aromatic N) is 1. The van der Waals surface area contributed by atoms with E-state index in [1.807, 2.05) is 0 Å². The maximum atomic E-state index is 2.41. The lowest BCUT2D eigenvalue weighted by Gasteiger charge is -2.22. The third-order valence-electron chi connectivity index (χ3n) is 2.88. The van der Waals surface area contributed by atoms with Gasteiger partial charge in [0.15, 0.2) is 0 Å². The van der Waals surface area contributed by atoms with Crippen LogP contribution in [0, 0.1) is 0 Å². The van der Waals surface area contributed by atoms with Crippen molar-refractivity contribution in [3.05, 3.63) is 71.8 Å². The Kier molecular flexibility index (Phi) is 4.57. The van der Waals surface area contributed by atoms with E-state index >= 15 is 0 Å². The monoisotopic (exact) mass is 337 g/mol. The molecule has 17 heavy (non-hydrogen) atoms. The van der Waals surface area contributed by atoms with Crippen LogP contribution in [0.15, 0.2) is 60.7 Å². The van der Waals surface area contributed by atoms with Crippen molar-refractivity contribution in [1.29, 1.82) is 0 Å². The fourth-order valence-corrected chi connectivity index (χ4v) is 2.50. The van der Waals surface area contributed by atoms with Gasteiger partial charge in [-0.1, -0.05) is 60.7 Å². The Bertz CT molecular complexity index is 441. The third kappa shape index (κ3) is 3.54. The SMILES string of the molecule is C[C@H](c1ccccc1)N(I)Cc1ccccc1. The summed E-state index contributed by atoms with van der Waals surface area (Å²) >= 11 is 2.41. The van der Waals surface area contributed by atoms with Gasteiger partial charge < -0.3 is 0 Å². The highest BCUT2D eigenvalue weighted by molar-refractivity contribution is 14.1. The fraction of sp³-hybridized carbons (Fsp3) is 0.200. The maximum absolute atomic E-state index is 2.41. The molecule has 0 saturated carbocycles. The lowest BCUT2D eigenvalue weighted by molar-refractivity contribution is 0.412. The summed E-state index contributed by atoms with van der Waals surface area (Å²) in [5.74, 6) is 0. The van der Waals surface area contributed by atoms with Crippen molar-refractivity contribution in [3.63, 3.8) is 0 Å². The Balaban J connectivity index is 2.03. The summed E-state index contributed by atoms with van der Waals surface area (Å²) in [6, 6.07) is 21.6. The predicted octanol–water partition coefficient (Wildman–Crippen LogP) is 4.60. The van der Waals surface area contributed by atoms with Crippen LogP contribution < -0.4 is 0 Å². The summed E-state index contributed by atoms with van der Waals surface area (Å²) in [6.45, 7) is 3.21. The molecule has 0 N–H and O–H groups in total. The van der Waals surface area contributed by atoms with Gasteiger partial charge >= 0.3 is 0 Å². The number of halogens is 1. The summed E-state index contributed by atoms with van der Waals surface area (Å²) in [5.41, 5.74) is 2.71. The highest BCUT2D eigenvalue weighted by Crippen LogP contribution is 2.25. The molecule has 2 aromatic carbocycles. The second kappa shape index (κ2) is 6.17. The Labute approximate surface area is 117 Å². The van der Waals surface area contributed by atoms with Crippen LogP contribution in [0.25, 0.3) is 0 Å². The Morgan fingerprint density at radius 2 is 1.47 bits per heavy atom. The molecule has 2 aromatic rings. The van der Waals surface area contributed by atoms with Crippen molar-refractivity contribution in [2.45, 2.75) is 19.5 Å². The molecule has 0 unspecified atom stereocenters. The van der Waals surface area contributed by atoms with E-state index in [-0.39, 0.29) is 0 Å². The Morgan fingerprint density at radius 1 is 0.941 bits per heavy atom. The first-order valence-electron chi connectivity index (χ1n) is 5.78. The Hall–Kier alpha value is -0.870. The molecule has 2 rings (SSSR count). The average molecular weight is 337 g/mol. The zero-order valence-corrected chi connectivity index (χ0v) is 12.0. The van der Waals surface area contributed by atoms with E-state index in [0.29, 0.717) is 6.04 Å². The number of hydrogen-bond donors (Lipinski definition) is 0. The molecule has 0 fully saturated rings. The van der Waals surface area contributed by atoms with Crippen LogP contribution in [0.3, 0.4) is 0 Å². The fourth-order valence-electron chi connectivity index (χ4n) is 1.79. The van der Waals surface area contributed by atoms with Gasteiger partial charge in [0.05, 0.1) is 0 Å². The first-order valence-corrected chi connectivity index (χ1v) is 6.75. The van der Waals surface area contributed by atoms with E-state index < -0.39 is 0 Å². The summed E-state index contributed by atoms with van der Waals surface area (Å²) < 4.78 is 2.34. The molecular weight excluding hydrogens is 321 g/mol. The largest absolute Gasteiger partial charge is 0.236 e. The van der Waals surface area contributed by atoms with Crippen molar-refractivity contribution < 1.29 is 0 Å². The van der Waals surface area contributed by atoms with Crippen molar-refractivity contribution in [2.24, 2.45) is 0 Å². The van der Waals surface area contributed by atoms with E-state index in [9.17, 15) is 0 Å². The third-order valence-corrected chi connectivity index (χ3v) is 4.06. The van der Waals surface area contributed by atoms with Crippen molar-refractivity contribution in [1.82, 2.24) is 3.11 Å². The zero-order chi connectivity index (χ0) is 12.1. The smallest absolute Gasteiger partial charge is 0.0419 e. The quantitative estimate of drug-likeness (QED) is 0.582. The minimum Gasteiger partial charge on any atom is -0.236 e. The average Bonchev–Trinajstić information content (AvgIpc) is 2.40. The summed E-state index contributed by atoms with van der Waals surface area (Å²) in [4.78, 5) is 0. The summed E-state index contributed by atoms with van der Waals surface area (Å²) in [5, 5.41) is 0. The van der Waals surface area contributed by atoms with E-state index in [4.69, 9.17) is 0 Å². The van der Waals surface area contributed by atoms with Crippen LogP contribution in [-0.2, 0) is 6.54 Å². The topological polar surface area (TPSA) is 3.24 Å². The molecule has 1 nitrogen and oxygen atoms in total. The van der Waals surface area contributed by atoms with Gasteiger partial charge in [-0.3, -0.25) is 0 Å². The van der Waals surface area contributed by atoms with Gasteiger partial charge in [0.25, 0.3) is 0 Å². The predicted molar refractivity (Wildman–Crippen MR) is 80.9 cm³/mol. The minimum atomic E-state index is 0.428. The van der Waals surface area contributed by atoms with Crippen LogP contribution >= 0.6 is 22.9 Å². The lowest BCUT2D eigenvalue weighted by Crippen LogP contribution is -2.15. The van der Waals surface area contributed by atoms with Gasteiger partial charge in [-0.05, 0) is 18.1 Å². The van der Waals surface area contributed by atoms with E-state index in [1.54, 1.807) is 0 Å². The molecule has 2 heteroatoms. The van der Waals surface area contributed by atoms with E-state index in [0.717, 1.165) is 6.54 Å².